The van der Waals surface area contributed by atoms with Crippen LogP contribution in [0.3, 0.4) is 0 Å². The third-order valence-electron chi connectivity index (χ3n) is 4.52. The summed E-state index contributed by atoms with van der Waals surface area (Å²) in [5.41, 5.74) is 0.995. The second kappa shape index (κ2) is 6.43. The molecule has 1 aliphatic heterocycles. The highest BCUT2D eigenvalue weighted by Crippen LogP contribution is 2.40. The number of hydrogen-bond donors (Lipinski definition) is 0. The molecule has 5 nitrogen and oxygen atoms in total. The van der Waals surface area contributed by atoms with Crippen molar-refractivity contribution in [2.75, 3.05) is 24.6 Å². The van der Waals surface area contributed by atoms with Crippen LogP contribution in [0.1, 0.15) is 43.1 Å². The zero-order chi connectivity index (χ0) is 15.6. The second-order valence-corrected chi connectivity index (χ2v) is 7.34. The summed E-state index contributed by atoms with van der Waals surface area (Å²) < 4.78 is 10.5. The van der Waals surface area contributed by atoms with E-state index < -0.39 is 0 Å². The predicted octanol–water partition coefficient (Wildman–Crippen LogP) is 3.41. The van der Waals surface area contributed by atoms with Gasteiger partial charge in [0.1, 0.15) is 11.6 Å². The van der Waals surface area contributed by atoms with Crippen molar-refractivity contribution < 1.29 is 4.74 Å². The molecule has 0 radical (unpaired) electrons. The van der Waals surface area contributed by atoms with Gasteiger partial charge in [-0.1, -0.05) is 0 Å². The molecule has 6 heteroatoms. The summed E-state index contributed by atoms with van der Waals surface area (Å²) >= 11 is 1.56. The SMILES string of the molecule is Cc1cc(OCC2CCCN(c3nc(C4CC4)ns3)C2)ccn1. The molecule has 2 fully saturated rings. The van der Waals surface area contributed by atoms with E-state index in [0.717, 1.165) is 42.1 Å². The van der Waals surface area contributed by atoms with E-state index in [1.807, 2.05) is 19.1 Å². The fraction of sp³-hybridized carbons (Fsp3) is 0.588. The van der Waals surface area contributed by atoms with Crippen molar-refractivity contribution in [3.63, 3.8) is 0 Å². The molecule has 1 unspecified atom stereocenters. The molecule has 1 atom stereocenters. The molecule has 1 aliphatic carbocycles. The largest absolute Gasteiger partial charge is 0.493 e. The van der Waals surface area contributed by atoms with Crippen molar-refractivity contribution in [3.8, 4) is 5.75 Å². The Balaban J connectivity index is 1.34. The Morgan fingerprint density at radius 2 is 2.26 bits per heavy atom. The minimum absolute atomic E-state index is 0.547. The lowest BCUT2D eigenvalue weighted by Crippen LogP contribution is -2.37. The maximum Gasteiger partial charge on any atom is 0.205 e. The lowest BCUT2D eigenvalue weighted by molar-refractivity contribution is 0.228. The molecule has 3 heterocycles. The van der Waals surface area contributed by atoms with E-state index in [-0.39, 0.29) is 0 Å². The first-order valence-corrected chi connectivity index (χ1v) is 9.19. The maximum absolute atomic E-state index is 5.96. The van der Waals surface area contributed by atoms with E-state index in [1.165, 1.54) is 25.7 Å². The molecule has 1 saturated heterocycles. The number of nitrogens with zero attached hydrogens (tertiary/aromatic N) is 4. The van der Waals surface area contributed by atoms with Gasteiger partial charge in [0.15, 0.2) is 0 Å². The zero-order valence-electron chi connectivity index (χ0n) is 13.4. The first-order valence-electron chi connectivity index (χ1n) is 8.42. The van der Waals surface area contributed by atoms with Gasteiger partial charge in [-0.3, -0.25) is 4.98 Å². The number of anilines is 1. The number of aromatic nitrogens is 3. The average Bonchev–Trinajstić information content (AvgIpc) is 3.30. The summed E-state index contributed by atoms with van der Waals surface area (Å²) in [5, 5.41) is 1.09. The van der Waals surface area contributed by atoms with Gasteiger partial charge in [-0.25, -0.2) is 4.98 Å². The van der Waals surface area contributed by atoms with E-state index in [1.54, 1.807) is 17.7 Å². The molecule has 0 amide bonds. The van der Waals surface area contributed by atoms with Gasteiger partial charge in [-0.15, -0.1) is 0 Å². The van der Waals surface area contributed by atoms with E-state index in [0.29, 0.717) is 11.8 Å². The number of hydrogen-bond acceptors (Lipinski definition) is 6. The Morgan fingerprint density at radius 3 is 3.09 bits per heavy atom. The van der Waals surface area contributed by atoms with Crippen molar-refractivity contribution in [2.24, 2.45) is 5.92 Å². The minimum atomic E-state index is 0.547. The summed E-state index contributed by atoms with van der Waals surface area (Å²) in [6.07, 6.45) is 6.74. The molecule has 1 saturated carbocycles. The lowest BCUT2D eigenvalue weighted by atomic mass is 9.99. The summed E-state index contributed by atoms with van der Waals surface area (Å²) in [6, 6.07) is 3.92. The molecule has 2 aromatic rings. The standard InChI is InChI=1S/C17H22N4OS/c1-12-9-15(6-7-18-12)22-11-13-3-2-8-21(10-13)17-19-16(20-23-17)14-4-5-14/h6-7,9,13-14H,2-5,8,10-11H2,1H3. The first-order chi connectivity index (χ1) is 11.3. The van der Waals surface area contributed by atoms with E-state index >= 15 is 0 Å². The van der Waals surface area contributed by atoms with Crippen LogP contribution in [0.15, 0.2) is 18.3 Å². The molecule has 0 N–H and O–H groups in total. The Bertz CT molecular complexity index is 670. The fourth-order valence-corrected chi connectivity index (χ4v) is 3.84. The van der Waals surface area contributed by atoms with Gasteiger partial charge < -0.3 is 9.64 Å². The number of pyridine rings is 1. The van der Waals surface area contributed by atoms with Gasteiger partial charge in [0.2, 0.25) is 5.13 Å². The van der Waals surface area contributed by atoms with Gasteiger partial charge in [-0.2, -0.15) is 4.37 Å². The molecule has 2 aliphatic rings. The van der Waals surface area contributed by atoms with Crippen molar-refractivity contribution in [1.82, 2.24) is 14.3 Å². The van der Waals surface area contributed by atoms with Gasteiger partial charge in [0.25, 0.3) is 0 Å². The van der Waals surface area contributed by atoms with Crippen molar-refractivity contribution >= 4 is 16.7 Å². The van der Waals surface area contributed by atoms with Crippen LogP contribution in [0.5, 0.6) is 5.75 Å². The summed E-state index contributed by atoms with van der Waals surface area (Å²) in [6.45, 7) is 4.85. The molecule has 122 valence electrons. The van der Waals surface area contributed by atoms with E-state index in [9.17, 15) is 0 Å². The Labute approximate surface area is 140 Å². The van der Waals surface area contributed by atoms with Gasteiger partial charge in [-0.05, 0) is 38.7 Å². The van der Waals surface area contributed by atoms with Gasteiger partial charge >= 0.3 is 0 Å². The third-order valence-corrected chi connectivity index (χ3v) is 5.31. The Hall–Kier alpha value is -1.69. The van der Waals surface area contributed by atoms with Gasteiger partial charge in [0, 0.05) is 54.4 Å². The van der Waals surface area contributed by atoms with Crippen LogP contribution in [0.2, 0.25) is 0 Å². The van der Waals surface area contributed by atoms with E-state index in [4.69, 9.17) is 9.72 Å². The molecule has 0 aromatic carbocycles. The van der Waals surface area contributed by atoms with Crippen LogP contribution in [-0.2, 0) is 0 Å². The van der Waals surface area contributed by atoms with Crippen LogP contribution in [0.25, 0.3) is 0 Å². The van der Waals surface area contributed by atoms with E-state index in [2.05, 4.69) is 14.3 Å². The minimum Gasteiger partial charge on any atom is -0.493 e. The number of ether oxygens (including phenoxy) is 1. The molecular formula is C17H22N4OS. The summed E-state index contributed by atoms with van der Waals surface area (Å²) in [5.74, 6) is 3.17. The Kier molecular flexibility index (Phi) is 4.16. The molecule has 0 bridgehead atoms. The smallest absolute Gasteiger partial charge is 0.205 e. The van der Waals surface area contributed by atoms with Crippen molar-refractivity contribution in [2.45, 2.75) is 38.5 Å². The number of aryl methyl sites for hydroxylation is 1. The van der Waals surface area contributed by atoms with Crippen LogP contribution in [0, 0.1) is 12.8 Å². The highest BCUT2D eigenvalue weighted by Gasteiger charge is 2.29. The molecule has 0 spiro atoms. The lowest BCUT2D eigenvalue weighted by Gasteiger charge is -2.32. The molecule has 23 heavy (non-hydrogen) atoms. The molecule has 4 rings (SSSR count). The van der Waals surface area contributed by atoms with Crippen molar-refractivity contribution in [1.29, 1.82) is 0 Å². The summed E-state index contributed by atoms with van der Waals surface area (Å²) in [7, 11) is 0. The van der Waals surface area contributed by atoms with Crippen LogP contribution >= 0.6 is 11.5 Å². The number of piperidine rings is 1. The average molecular weight is 330 g/mol. The van der Waals surface area contributed by atoms with Crippen molar-refractivity contribution in [3.05, 3.63) is 29.8 Å². The Morgan fingerprint density at radius 1 is 1.35 bits per heavy atom. The topological polar surface area (TPSA) is 51.1 Å². The monoisotopic (exact) mass is 330 g/mol. The second-order valence-electron chi connectivity index (χ2n) is 6.61. The highest BCUT2D eigenvalue weighted by molar-refractivity contribution is 7.09. The fourth-order valence-electron chi connectivity index (χ4n) is 3.06. The molecule has 2 aromatic heterocycles. The van der Waals surface area contributed by atoms with Crippen LogP contribution < -0.4 is 9.64 Å². The van der Waals surface area contributed by atoms with Crippen LogP contribution in [-0.4, -0.2) is 34.0 Å². The first kappa shape index (κ1) is 14.9. The normalized spacial score (nSPS) is 21.4. The third kappa shape index (κ3) is 3.63. The van der Waals surface area contributed by atoms with Gasteiger partial charge in [0.05, 0.1) is 6.61 Å². The predicted molar refractivity (Wildman–Crippen MR) is 91.3 cm³/mol. The molecular weight excluding hydrogens is 308 g/mol. The highest BCUT2D eigenvalue weighted by atomic mass is 32.1. The van der Waals surface area contributed by atoms with Crippen LogP contribution in [0.4, 0.5) is 5.13 Å². The maximum atomic E-state index is 5.96. The number of rotatable bonds is 5. The quantitative estimate of drug-likeness (QED) is 0.841. The zero-order valence-corrected chi connectivity index (χ0v) is 14.3. The summed E-state index contributed by atoms with van der Waals surface area (Å²) in [4.78, 5) is 11.3.